The van der Waals surface area contributed by atoms with Crippen LogP contribution in [0.3, 0.4) is 0 Å². The highest BCUT2D eigenvalue weighted by Crippen LogP contribution is 2.31. The molecule has 4 rings (SSSR count). The summed E-state index contributed by atoms with van der Waals surface area (Å²) in [4.78, 5) is 36.7. The maximum atomic E-state index is 12.7. The molecule has 2 aliphatic rings. The average Bonchev–Trinajstić information content (AvgIpc) is 3.42. The zero-order chi connectivity index (χ0) is 24.8. The number of benzene rings is 2. The number of nitrogens with zero attached hydrogens (tertiary/aromatic N) is 1. The third-order valence-corrected chi connectivity index (χ3v) is 7.50. The summed E-state index contributed by atoms with van der Waals surface area (Å²) in [6, 6.07) is 10.8. The van der Waals surface area contributed by atoms with Crippen molar-refractivity contribution < 1.29 is 37.0 Å². The number of carbonyl (C=O) groups excluding carboxylic acids is 3. The Labute approximate surface area is 203 Å². The smallest absolute Gasteiger partial charge is 0.306 e. The Balaban J connectivity index is 1.24. The standard InChI is InChI=1S/C24H26N2O8S/c27-20(17-6-8-21-22(14-17)33-13-12-32-21)7-9-24(29)34-16-23(28)25-18-4-3-5-19(15-18)35(30,31)26-10-1-2-11-26/h3-6,8,14-15H,1-2,7,9-13,16H2,(H,25,28). The molecule has 0 atom stereocenters. The van der Waals surface area contributed by atoms with E-state index in [9.17, 15) is 22.8 Å². The van der Waals surface area contributed by atoms with Gasteiger partial charge in [0.15, 0.2) is 23.9 Å². The molecule has 1 N–H and O–H groups in total. The molecule has 186 valence electrons. The van der Waals surface area contributed by atoms with Crippen molar-refractivity contribution in [3.63, 3.8) is 0 Å². The lowest BCUT2D eigenvalue weighted by Crippen LogP contribution is -2.28. The van der Waals surface area contributed by atoms with Crippen molar-refractivity contribution in [1.82, 2.24) is 4.31 Å². The van der Waals surface area contributed by atoms with Gasteiger partial charge in [0.1, 0.15) is 13.2 Å². The molecule has 0 unspecified atom stereocenters. The molecule has 0 aromatic heterocycles. The van der Waals surface area contributed by atoms with E-state index >= 15 is 0 Å². The summed E-state index contributed by atoms with van der Waals surface area (Å²) in [5, 5.41) is 2.53. The van der Waals surface area contributed by atoms with Crippen molar-refractivity contribution in [3.05, 3.63) is 48.0 Å². The van der Waals surface area contributed by atoms with Crippen LogP contribution in [0.5, 0.6) is 11.5 Å². The SMILES string of the molecule is O=C(COC(=O)CCC(=O)c1ccc2c(c1)OCCO2)Nc1cccc(S(=O)(=O)N2CCCC2)c1. The zero-order valence-corrected chi connectivity index (χ0v) is 19.8. The molecular weight excluding hydrogens is 476 g/mol. The van der Waals surface area contributed by atoms with Crippen LogP contribution in [0.4, 0.5) is 5.69 Å². The minimum atomic E-state index is -3.62. The van der Waals surface area contributed by atoms with Crippen LogP contribution < -0.4 is 14.8 Å². The van der Waals surface area contributed by atoms with Crippen LogP contribution in [0.1, 0.15) is 36.0 Å². The summed E-state index contributed by atoms with van der Waals surface area (Å²) in [6.45, 7) is 1.25. The Kier molecular flexibility index (Phi) is 7.67. The van der Waals surface area contributed by atoms with Gasteiger partial charge in [0.05, 0.1) is 11.3 Å². The topological polar surface area (TPSA) is 128 Å². The maximum Gasteiger partial charge on any atom is 0.306 e. The molecule has 10 nitrogen and oxygen atoms in total. The third-order valence-electron chi connectivity index (χ3n) is 5.61. The Morgan fingerprint density at radius 2 is 1.69 bits per heavy atom. The second kappa shape index (κ2) is 10.9. The highest BCUT2D eigenvalue weighted by atomic mass is 32.2. The van der Waals surface area contributed by atoms with Crippen LogP contribution in [0, 0.1) is 0 Å². The van der Waals surface area contributed by atoms with Gasteiger partial charge in [-0.2, -0.15) is 4.31 Å². The first kappa shape index (κ1) is 24.7. The fourth-order valence-electron chi connectivity index (χ4n) is 3.80. The highest BCUT2D eigenvalue weighted by Gasteiger charge is 2.27. The van der Waals surface area contributed by atoms with E-state index in [2.05, 4.69) is 5.32 Å². The molecule has 2 heterocycles. The molecule has 11 heteroatoms. The Morgan fingerprint density at radius 1 is 0.943 bits per heavy atom. The lowest BCUT2D eigenvalue weighted by atomic mass is 10.1. The highest BCUT2D eigenvalue weighted by molar-refractivity contribution is 7.89. The summed E-state index contributed by atoms with van der Waals surface area (Å²) in [5.41, 5.74) is 0.670. The minimum absolute atomic E-state index is 0.0868. The number of nitrogens with one attached hydrogen (secondary N) is 1. The zero-order valence-electron chi connectivity index (χ0n) is 19.0. The Morgan fingerprint density at radius 3 is 2.46 bits per heavy atom. The molecule has 2 aromatic rings. The Hall–Kier alpha value is -3.44. The number of carbonyl (C=O) groups is 3. The molecule has 1 amide bonds. The number of esters is 1. The van der Waals surface area contributed by atoms with E-state index in [1.165, 1.54) is 22.5 Å². The summed E-state index contributed by atoms with van der Waals surface area (Å²) in [5.74, 6) is -0.529. The van der Waals surface area contributed by atoms with Crippen molar-refractivity contribution in [2.45, 2.75) is 30.6 Å². The van der Waals surface area contributed by atoms with Crippen LogP contribution in [-0.2, 0) is 24.3 Å². The monoisotopic (exact) mass is 502 g/mol. The number of rotatable bonds is 9. The normalized spacial score (nSPS) is 15.4. The molecule has 35 heavy (non-hydrogen) atoms. The Bertz CT molecular complexity index is 1220. The van der Waals surface area contributed by atoms with Gasteiger partial charge in [0, 0.05) is 30.8 Å². The summed E-state index contributed by atoms with van der Waals surface area (Å²) in [6.07, 6.45) is 1.37. The fourth-order valence-corrected chi connectivity index (χ4v) is 5.37. The van der Waals surface area contributed by atoms with Gasteiger partial charge in [0.25, 0.3) is 5.91 Å². The van der Waals surface area contributed by atoms with Crippen LogP contribution in [0.2, 0.25) is 0 Å². The van der Waals surface area contributed by atoms with Crippen molar-refractivity contribution >= 4 is 33.4 Å². The van der Waals surface area contributed by atoms with Crippen LogP contribution in [0.25, 0.3) is 0 Å². The van der Waals surface area contributed by atoms with Gasteiger partial charge in [-0.3, -0.25) is 14.4 Å². The van der Waals surface area contributed by atoms with Gasteiger partial charge in [0.2, 0.25) is 10.0 Å². The second-order valence-electron chi connectivity index (χ2n) is 8.13. The van der Waals surface area contributed by atoms with E-state index in [0.717, 1.165) is 12.8 Å². The first-order chi connectivity index (χ1) is 16.8. The quantitative estimate of drug-likeness (QED) is 0.409. The molecule has 1 saturated heterocycles. The molecule has 0 spiro atoms. The first-order valence-corrected chi connectivity index (χ1v) is 12.8. The molecule has 1 fully saturated rings. The fraction of sp³-hybridized carbons (Fsp3) is 0.375. The number of Topliss-reactive ketones (excluding diaryl/α,β-unsaturated/α-hetero) is 1. The molecule has 2 aliphatic heterocycles. The average molecular weight is 503 g/mol. The van der Waals surface area contributed by atoms with E-state index in [-0.39, 0.29) is 29.2 Å². The number of anilines is 1. The third kappa shape index (κ3) is 6.17. The van der Waals surface area contributed by atoms with Crippen LogP contribution in [-0.4, -0.2) is 63.3 Å². The molecule has 0 saturated carbocycles. The van der Waals surface area contributed by atoms with Gasteiger partial charge in [-0.15, -0.1) is 0 Å². The van der Waals surface area contributed by atoms with Crippen molar-refractivity contribution in [1.29, 1.82) is 0 Å². The van der Waals surface area contributed by atoms with Crippen molar-refractivity contribution in [3.8, 4) is 11.5 Å². The first-order valence-electron chi connectivity index (χ1n) is 11.3. The van der Waals surface area contributed by atoms with E-state index in [1.54, 1.807) is 24.3 Å². The van der Waals surface area contributed by atoms with Crippen molar-refractivity contribution in [2.75, 3.05) is 38.2 Å². The van der Waals surface area contributed by atoms with Gasteiger partial charge in [-0.25, -0.2) is 8.42 Å². The summed E-state index contributed by atoms with van der Waals surface area (Å²) < 4.78 is 42.6. The molecule has 0 radical (unpaired) electrons. The van der Waals surface area contributed by atoms with Crippen molar-refractivity contribution in [2.24, 2.45) is 0 Å². The largest absolute Gasteiger partial charge is 0.486 e. The van der Waals surface area contributed by atoms with Gasteiger partial charge in [-0.1, -0.05) is 6.07 Å². The predicted molar refractivity (Wildman–Crippen MR) is 125 cm³/mol. The van der Waals surface area contributed by atoms with Gasteiger partial charge >= 0.3 is 5.97 Å². The van der Waals surface area contributed by atoms with E-state index in [4.69, 9.17) is 14.2 Å². The van der Waals surface area contributed by atoms with Gasteiger partial charge < -0.3 is 19.5 Å². The van der Waals surface area contributed by atoms with Crippen LogP contribution in [0.15, 0.2) is 47.4 Å². The maximum absolute atomic E-state index is 12.7. The summed E-state index contributed by atoms with van der Waals surface area (Å²) in [7, 11) is -3.62. The number of ketones is 1. The number of ether oxygens (including phenoxy) is 3. The minimum Gasteiger partial charge on any atom is -0.486 e. The summed E-state index contributed by atoms with van der Waals surface area (Å²) >= 11 is 0. The lowest BCUT2D eigenvalue weighted by Gasteiger charge is -2.18. The lowest BCUT2D eigenvalue weighted by molar-refractivity contribution is -0.147. The number of hydrogen-bond donors (Lipinski definition) is 1. The predicted octanol–water partition coefficient (Wildman–Crippen LogP) is 2.39. The number of amides is 1. The number of sulfonamides is 1. The molecule has 2 aromatic carbocycles. The number of fused-ring (bicyclic) bond motifs is 1. The molecule has 0 aliphatic carbocycles. The second-order valence-corrected chi connectivity index (χ2v) is 10.1. The van der Waals surface area contributed by atoms with E-state index in [1.807, 2.05) is 0 Å². The molecular formula is C24H26N2O8S. The molecule has 0 bridgehead atoms. The van der Waals surface area contributed by atoms with Gasteiger partial charge in [-0.05, 0) is 49.2 Å². The number of hydrogen-bond acceptors (Lipinski definition) is 8. The van der Waals surface area contributed by atoms with E-state index in [0.29, 0.717) is 43.4 Å². The van der Waals surface area contributed by atoms with E-state index < -0.39 is 28.5 Å². The van der Waals surface area contributed by atoms with Crippen LogP contribution >= 0.6 is 0 Å².